The minimum absolute atomic E-state index is 0.160. The van der Waals surface area contributed by atoms with E-state index < -0.39 is 0 Å². The predicted octanol–water partition coefficient (Wildman–Crippen LogP) is 3.77. The molecule has 2 amide bonds. The summed E-state index contributed by atoms with van der Waals surface area (Å²) in [6, 6.07) is 12.4. The van der Waals surface area contributed by atoms with Crippen LogP contribution in [-0.2, 0) is 24.3 Å². The van der Waals surface area contributed by atoms with Crippen molar-refractivity contribution in [3.05, 3.63) is 88.4 Å². The first-order chi connectivity index (χ1) is 17.8. The number of anilines is 1. The number of nitrogen functional groups attached to an aromatic ring is 1. The molecule has 5 rings (SSSR count). The molecular weight excluding hydrogens is 464 g/mol. The number of fused-ring (bicyclic) bond motifs is 1. The molecule has 2 aromatic heterocycles. The Morgan fingerprint density at radius 3 is 2.57 bits per heavy atom. The second-order valence-corrected chi connectivity index (χ2v) is 9.93. The van der Waals surface area contributed by atoms with Crippen LogP contribution in [0.25, 0.3) is 10.8 Å². The fraction of sp³-hybridized carbons (Fsp3) is 0.310. The molecule has 0 unspecified atom stereocenters. The van der Waals surface area contributed by atoms with Gasteiger partial charge in [0.05, 0.1) is 24.7 Å². The number of nitrogens with two attached hydrogens (primary N) is 1. The van der Waals surface area contributed by atoms with Crippen molar-refractivity contribution in [1.82, 2.24) is 25.0 Å². The SMILES string of the molecule is Cc1cc2c(N)nccc2c(C)c1CNC(=O)c1cnn(Cc2ccc(CC(=O)N(C)C3CC3)cc2)c1. The van der Waals surface area contributed by atoms with E-state index >= 15 is 0 Å². The van der Waals surface area contributed by atoms with Crippen molar-refractivity contribution in [3.63, 3.8) is 0 Å². The standard InChI is InChI=1S/C29H32N6O2/c1-18-12-25-24(10-11-31-28(25)30)19(2)26(18)15-32-29(37)22-14-33-35(17-22)16-21-6-4-20(5-7-21)13-27(36)34(3)23-8-9-23/h4-7,10-12,14,17,23H,8-9,13,15-16H2,1-3H3,(H2,30,31)(H,32,37). The van der Waals surface area contributed by atoms with E-state index in [1.807, 2.05) is 62.2 Å². The fourth-order valence-corrected chi connectivity index (χ4v) is 4.75. The Bertz CT molecular complexity index is 1470. The number of aromatic nitrogens is 3. The Morgan fingerprint density at radius 2 is 1.84 bits per heavy atom. The maximum absolute atomic E-state index is 12.8. The van der Waals surface area contributed by atoms with Gasteiger partial charge in [-0.1, -0.05) is 24.3 Å². The number of hydrogen-bond donors (Lipinski definition) is 2. The molecule has 1 aliphatic carbocycles. The topological polar surface area (TPSA) is 106 Å². The third-order valence-corrected chi connectivity index (χ3v) is 7.25. The number of hydrogen-bond acceptors (Lipinski definition) is 5. The number of carbonyl (C=O) groups excluding carboxylic acids is 2. The maximum Gasteiger partial charge on any atom is 0.254 e. The normalized spacial score (nSPS) is 13.1. The van der Waals surface area contributed by atoms with Gasteiger partial charge in [0.1, 0.15) is 5.82 Å². The molecule has 1 fully saturated rings. The van der Waals surface area contributed by atoms with E-state index in [0.29, 0.717) is 36.9 Å². The van der Waals surface area contributed by atoms with Gasteiger partial charge in [-0.15, -0.1) is 0 Å². The molecule has 8 nitrogen and oxygen atoms in total. The lowest BCUT2D eigenvalue weighted by Crippen LogP contribution is -2.30. The summed E-state index contributed by atoms with van der Waals surface area (Å²) in [5.41, 5.74) is 11.8. The number of carbonyl (C=O) groups is 2. The highest BCUT2D eigenvalue weighted by atomic mass is 16.2. The zero-order chi connectivity index (χ0) is 26.1. The van der Waals surface area contributed by atoms with E-state index in [1.54, 1.807) is 23.3 Å². The summed E-state index contributed by atoms with van der Waals surface area (Å²) < 4.78 is 1.75. The molecule has 0 bridgehead atoms. The van der Waals surface area contributed by atoms with E-state index in [1.165, 1.54) is 0 Å². The first-order valence-corrected chi connectivity index (χ1v) is 12.6. The first-order valence-electron chi connectivity index (χ1n) is 12.6. The number of aryl methyl sites for hydroxylation is 2. The van der Waals surface area contributed by atoms with Crippen molar-refractivity contribution in [2.24, 2.45) is 0 Å². The Kier molecular flexibility index (Phi) is 6.65. The van der Waals surface area contributed by atoms with Gasteiger partial charge in [-0.05, 0) is 72.0 Å². The van der Waals surface area contributed by atoms with E-state index in [9.17, 15) is 9.59 Å². The average molecular weight is 497 g/mol. The molecule has 1 aliphatic rings. The van der Waals surface area contributed by atoms with Crippen molar-refractivity contribution in [3.8, 4) is 0 Å². The molecule has 8 heteroatoms. The molecule has 190 valence electrons. The second-order valence-electron chi connectivity index (χ2n) is 9.93. The van der Waals surface area contributed by atoms with Gasteiger partial charge in [0.25, 0.3) is 5.91 Å². The number of benzene rings is 2. The number of rotatable bonds is 8. The van der Waals surface area contributed by atoms with E-state index in [-0.39, 0.29) is 11.8 Å². The van der Waals surface area contributed by atoms with Gasteiger partial charge in [-0.25, -0.2) is 4.98 Å². The maximum atomic E-state index is 12.8. The summed E-state index contributed by atoms with van der Waals surface area (Å²) in [4.78, 5) is 31.2. The Labute approximate surface area is 216 Å². The molecule has 0 atom stereocenters. The van der Waals surface area contributed by atoms with Gasteiger partial charge in [0.2, 0.25) is 5.91 Å². The Morgan fingerprint density at radius 1 is 1.11 bits per heavy atom. The second kappa shape index (κ2) is 10.0. The molecule has 4 aromatic rings. The number of nitrogens with one attached hydrogen (secondary N) is 1. The zero-order valence-electron chi connectivity index (χ0n) is 21.5. The van der Waals surface area contributed by atoms with Crippen LogP contribution in [0.1, 0.15) is 51.0 Å². The minimum Gasteiger partial charge on any atom is -0.383 e. The van der Waals surface area contributed by atoms with Crippen molar-refractivity contribution in [1.29, 1.82) is 0 Å². The van der Waals surface area contributed by atoms with E-state index in [4.69, 9.17) is 5.73 Å². The summed E-state index contributed by atoms with van der Waals surface area (Å²) in [5.74, 6) is 0.497. The third-order valence-electron chi connectivity index (χ3n) is 7.25. The summed E-state index contributed by atoms with van der Waals surface area (Å²) in [6.07, 6.45) is 7.69. The monoisotopic (exact) mass is 496 g/mol. The summed E-state index contributed by atoms with van der Waals surface area (Å²) >= 11 is 0. The molecule has 2 heterocycles. The summed E-state index contributed by atoms with van der Waals surface area (Å²) in [7, 11) is 1.89. The van der Waals surface area contributed by atoms with Crippen LogP contribution in [0.15, 0.2) is 55.0 Å². The molecule has 0 saturated heterocycles. The zero-order valence-corrected chi connectivity index (χ0v) is 21.5. The number of nitrogens with zero attached hydrogens (tertiary/aromatic N) is 4. The number of pyridine rings is 1. The fourth-order valence-electron chi connectivity index (χ4n) is 4.75. The van der Waals surface area contributed by atoms with Crippen molar-refractivity contribution in [2.75, 3.05) is 12.8 Å². The lowest BCUT2D eigenvalue weighted by Gasteiger charge is -2.16. The van der Waals surface area contributed by atoms with Crippen LogP contribution in [0.3, 0.4) is 0 Å². The molecule has 1 saturated carbocycles. The van der Waals surface area contributed by atoms with Gasteiger partial charge in [0.15, 0.2) is 0 Å². The largest absolute Gasteiger partial charge is 0.383 e. The smallest absolute Gasteiger partial charge is 0.254 e. The van der Waals surface area contributed by atoms with Crippen LogP contribution in [0.2, 0.25) is 0 Å². The van der Waals surface area contributed by atoms with Crippen LogP contribution < -0.4 is 11.1 Å². The van der Waals surface area contributed by atoms with E-state index in [2.05, 4.69) is 15.4 Å². The van der Waals surface area contributed by atoms with E-state index in [0.717, 1.165) is 51.4 Å². The lowest BCUT2D eigenvalue weighted by atomic mass is 9.96. The number of likely N-dealkylation sites (N-methyl/N-ethyl adjacent to an activating group) is 1. The molecule has 0 radical (unpaired) electrons. The van der Waals surface area contributed by atoms with Crippen LogP contribution in [0.4, 0.5) is 5.82 Å². The van der Waals surface area contributed by atoms with Gasteiger partial charge in [-0.3, -0.25) is 14.3 Å². The highest BCUT2D eigenvalue weighted by molar-refractivity contribution is 5.95. The van der Waals surface area contributed by atoms with Gasteiger partial charge in [-0.2, -0.15) is 5.10 Å². The Balaban J connectivity index is 1.19. The van der Waals surface area contributed by atoms with Crippen molar-refractivity contribution >= 4 is 28.4 Å². The van der Waals surface area contributed by atoms with Crippen LogP contribution >= 0.6 is 0 Å². The quantitative estimate of drug-likeness (QED) is 0.386. The minimum atomic E-state index is -0.173. The first kappa shape index (κ1) is 24.5. The third kappa shape index (κ3) is 5.33. The van der Waals surface area contributed by atoms with Gasteiger partial charge >= 0.3 is 0 Å². The molecule has 0 aliphatic heterocycles. The molecular formula is C29H32N6O2. The Hall–Kier alpha value is -4.20. The van der Waals surface area contributed by atoms with Crippen LogP contribution in [-0.4, -0.2) is 44.6 Å². The van der Waals surface area contributed by atoms with Crippen molar-refractivity contribution < 1.29 is 9.59 Å². The van der Waals surface area contributed by atoms with Crippen LogP contribution in [0.5, 0.6) is 0 Å². The van der Waals surface area contributed by atoms with Crippen molar-refractivity contribution in [2.45, 2.75) is 52.2 Å². The highest BCUT2D eigenvalue weighted by Gasteiger charge is 2.29. The van der Waals surface area contributed by atoms with Gasteiger partial charge in [0, 0.05) is 37.4 Å². The summed E-state index contributed by atoms with van der Waals surface area (Å²) in [6.45, 7) is 5.02. The highest BCUT2D eigenvalue weighted by Crippen LogP contribution is 2.28. The molecule has 3 N–H and O–H groups in total. The molecule has 2 aromatic carbocycles. The molecule has 0 spiro atoms. The van der Waals surface area contributed by atoms with Gasteiger partial charge < -0.3 is 16.0 Å². The summed E-state index contributed by atoms with van der Waals surface area (Å²) in [5, 5.41) is 9.37. The lowest BCUT2D eigenvalue weighted by molar-refractivity contribution is -0.129. The average Bonchev–Trinajstić information content (AvgIpc) is 3.63. The number of amides is 2. The predicted molar refractivity (Wildman–Crippen MR) is 144 cm³/mol. The molecule has 37 heavy (non-hydrogen) atoms. The van der Waals surface area contributed by atoms with Crippen LogP contribution in [0, 0.1) is 13.8 Å².